The lowest BCUT2D eigenvalue weighted by Gasteiger charge is -2.22. The lowest BCUT2D eigenvalue weighted by Crippen LogP contribution is -2.34. The van der Waals surface area contributed by atoms with E-state index in [4.69, 9.17) is 4.42 Å². The highest BCUT2D eigenvalue weighted by molar-refractivity contribution is 5.99. The van der Waals surface area contributed by atoms with Crippen LogP contribution in [0.3, 0.4) is 0 Å². The molecule has 0 saturated carbocycles. The Morgan fingerprint density at radius 2 is 2.22 bits per heavy atom. The first-order chi connectivity index (χ1) is 13.0. The van der Waals surface area contributed by atoms with Gasteiger partial charge in [0.1, 0.15) is 5.76 Å². The van der Waals surface area contributed by atoms with Crippen molar-refractivity contribution < 1.29 is 9.21 Å². The molecule has 2 aromatic heterocycles. The summed E-state index contributed by atoms with van der Waals surface area (Å²) in [6, 6.07) is 9.79. The summed E-state index contributed by atoms with van der Waals surface area (Å²) in [5.74, 6) is 1.50. The van der Waals surface area contributed by atoms with Crippen LogP contribution in [0.2, 0.25) is 0 Å². The lowest BCUT2D eigenvalue weighted by atomic mass is 9.87. The van der Waals surface area contributed by atoms with Crippen molar-refractivity contribution >= 4 is 16.8 Å². The number of rotatable bonds is 5. The first-order valence-corrected chi connectivity index (χ1v) is 9.64. The monoisotopic (exact) mass is 365 g/mol. The van der Waals surface area contributed by atoms with Crippen LogP contribution in [0.4, 0.5) is 0 Å². The number of carbonyl (C=O) groups is 1. The number of aromatic nitrogens is 1. The first-order valence-electron chi connectivity index (χ1n) is 9.64. The predicted molar refractivity (Wildman–Crippen MR) is 107 cm³/mol. The Labute approximate surface area is 159 Å². The van der Waals surface area contributed by atoms with Crippen LogP contribution in [0.15, 0.2) is 41.0 Å². The van der Waals surface area contributed by atoms with Crippen molar-refractivity contribution in [2.45, 2.75) is 32.2 Å². The fourth-order valence-corrected chi connectivity index (χ4v) is 4.04. The van der Waals surface area contributed by atoms with E-state index >= 15 is 0 Å². The maximum atomic E-state index is 12.8. The van der Waals surface area contributed by atoms with Crippen molar-refractivity contribution in [3.05, 3.63) is 59.2 Å². The number of carbonyl (C=O) groups excluding carboxylic acids is 1. The number of nitrogens with zero attached hydrogens (tertiary/aromatic N) is 1. The van der Waals surface area contributed by atoms with Crippen LogP contribution in [0.5, 0.6) is 0 Å². The summed E-state index contributed by atoms with van der Waals surface area (Å²) in [6.07, 6.45) is 5.07. The maximum Gasteiger partial charge on any atom is 0.251 e. The van der Waals surface area contributed by atoms with Crippen molar-refractivity contribution in [1.29, 1.82) is 0 Å². The van der Waals surface area contributed by atoms with Crippen molar-refractivity contribution in [1.82, 2.24) is 15.2 Å². The minimum absolute atomic E-state index is 0.00792. The average molecular weight is 365 g/mol. The van der Waals surface area contributed by atoms with Crippen molar-refractivity contribution in [3.63, 3.8) is 0 Å². The van der Waals surface area contributed by atoms with Gasteiger partial charge in [-0.2, -0.15) is 0 Å². The number of hydrogen-bond donors (Lipinski definition) is 2. The number of H-pyrrole nitrogens is 1. The third-order valence-electron chi connectivity index (χ3n) is 5.65. The molecule has 0 bridgehead atoms. The summed E-state index contributed by atoms with van der Waals surface area (Å²) in [7, 11) is 3.97. The highest BCUT2D eigenvalue weighted by Gasteiger charge is 2.21. The van der Waals surface area contributed by atoms with Crippen molar-refractivity contribution in [2.24, 2.45) is 5.92 Å². The Morgan fingerprint density at radius 3 is 2.96 bits per heavy atom. The van der Waals surface area contributed by atoms with Gasteiger partial charge in [-0.15, -0.1) is 0 Å². The topological polar surface area (TPSA) is 61.3 Å². The van der Waals surface area contributed by atoms with Gasteiger partial charge < -0.3 is 14.7 Å². The van der Waals surface area contributed by atoms with Crippen molar-refractivity contribution in [2.75, 3.05) is 20.6 Å². The van der Waals surface area contributed by atoms with E-state index < -0.39 is 0 Å². The second-order valence-corrected chi connectivity index (χ2v) is 7.90. The van der Waals surface area contributed by atoms with Crippen LogP contribution in [0.25, 0.3) is 10.9 Å². The number of nitrogens with one attached hydrogen (secondary N) is 2. The van der Waals surface area contributed by atoms with Crippen LogP contribution in [-0.2, 0) is 12.8 Å². The molecule has 4 rings (SSSR count). The number of fused-ring (bicyclic) bond motifs is 3. The number of aryl methyl sites for hydroxylation is 1. The van der Waals surface area contributed by atoms with Gasteiger partial charge in [-0.25, -0.2) is 0 Å². The molecule has 142 valence electrons. The van der Waals surface area contributed by atoms with Crippen molar-refractivity contribution in [3.8, 4) is 0 Å². The molecule has 0 saturated heterocycles. The molecule has 0 unspecified atom stereocenters. The molecule has 2 atom stereocenters. The molecule has 0 spiro atoms. The van der Waals surface area contributed by atoms with E-state index in [9.17, 15) is 4.79 Å². The highest BCUT2D eigenvalue weighted by Crippen LogP contribution is 2.32. The summed E-state index contributed by atoms with van der Waals surface area (Å²) in [4.78, 5) is 18.4. The number of amides is 1. The Bertz CT molecular complexity index is 940. The minimum Gasteiger partial charge on any atom is -0.468 e. The minimum atomic E-state index is -0.0471. The number of furan rings is 1. The van der Waals surface area contributed by atoms with Gasteiger partial charge in [0.2, 0.25) is 0 Å². The quantitative estimate of drug-likeness (QED) is 0.720. The summed E-state index contributed by atoms with van der Waals surface area (Å²) in [5.41, 5.74) is 4.57. The standard InChI is InChI=1S/C22H27N3O2/c1-14-6-8-18-16(11-14)17-12-15(7-9-19(17)24-18)22(26)23-13-20(25(2)3)21-5-4-10-27-21/h4-5,7,9-10,12,14,20,24H,6,8,11,13H2,1-3H3,(H,23,26)/t14-,20-/m0/s1. The molecule has 2 heterocycles. The SMILES string of the molecule is C[C@H]1CCc2[nH]c3ccc(C(=O)NC[C@@H](c4ccco4)N(C)C)cc3c2C1. The van der Waals surface area contributed by atoms with Gasteiger partial charge in [-0.1, -0.05) is 6.92 Å². The van der Waals surface area contributed by atoms with Gasteiger partial charge in [0, 0.05) is 28.7 Å². The van der Waals surface area contributed by atoms with Gasteiger partial charge in [0.05, 0.1) is 12.3 Å². The average Bonchev–Trinajstić information content (AvgIpc) is 3.29. The fraction of sp³-hybridized carbons (Fsp3) is 0.409. The van der Waals surface area contributed by atoms with E-state index in [0.717, 1.165) is 24.1 Å². The van der Waals surface area contributed by atoms with E-state index in [2.05, 4.69) is 17.2 Å². The maximum absolute atomic E-state index is 12.8. The van der Waals surface area contributed by atoms with E-state index in [1.54, 1.807) is 6.26 Å². The molecule has 3 aromatic rings. The Morgan fingerprint density at radius 1 is 1.37 bits per heavy atom. The Hall–Kier alpha value is -2.53. The highest BCUT2D eigenvalue weighted by atomic mass is 16.3. The largest absolute Gasteiger partial charge is 0.468 e. The van der Waals surface area contributed by atoms with Crippen LogP contribution in [-0.4, -0.2) is 36.4 Å². The number of benzene rings is 1. The summed E-state index contributed by atoms with van der Waals surface area (Å²) >= 11 is 0. The van der Waals surface area contributed by atoms with Gasteiger partial charge in [-0.05, 0) is 75.2 Å². The first kappa shape index (κ1) is 17.9. The smallest absolute Gasteiger partial charge is 0.251 e. The fourth-order valence-electron chi connectivity index (χ4n) is 4.04. The zero-order valence-electron chi connectivity index (χ0n) is 16.2. The second-order valence-electron chi connectivity index (χ2n) is 7.90. The Balaban J connectivity index is 1.53. The van der Waals surface area contributed by atoms with E-state index in [-0.39, 0.29) is 11.9 Å². The van der Waals surface area contributed by atoms with Gasteiger partial charge in [0.25, 0.3) is 5.91 Å². The van der Waals surface area contributed by atoms with Gasteiger partial charge in [-0.3, -0.25) is 9.69 Å². The van der Waals surface area contributed by atoms with Crippen LogP contribution < -0.4 is 5.32 Å². The molecule has 0 aliphatic heterocycles. The van der Waals surface area contributed by atoms with E-state index in [1.165, 1.54) is 23.1 Å². The van der Waals surface area contributed by atoms with Crippen LogP contribution >= 0.6 is 0 Å². The summed E-state index contributed by atoms with van der Waals surface area (Å²) in [6.45, 7) is 2.80. The molecule has 1 aromatic carbocycles. The molecule has 2 N–H and O–H groups in total. The molecule has 1 amide bonds. The molecule has 27 heavy (non-hydrogen) atoms. The third kappa shape index (κ3) is 3.52. The molecule has 0 radical (unpaired) electrons. The molecular weight excluding hydrogens is 338 g/mol. The normalized spacial score (nSPS) is 17.9. The molecule has 1 aliphatic rings. The van der Waals surface area contributed by atoms with Gasteiger partial charge >= 0.3 is 0 Å². The second kappa shape index (κ2) is 7.24. The molecule has 5 heteroatoms. The molecule has 5 nitrogen and oxygen atoms in total. The van der Waals surface area contributed by atoms with Gasteiger partial charge in [0.15, 0.2) is 0 Å². The van der Waals surface area contributed by atoms with Crippen LogP contribution in [0.1, 0.15) is 46.8 Å². The molecule has 0 fully saturated rings. The number of likely N-dealkylation sites (N-methyl/N-ethyl adjacent to an activating group) is 1. The predicted octanol–water partition coefficient (Wildman–Crippen LogP) is 3.92. The number of aromatic amines is 1. The van der Waals surface area contributed by atoms with E-state index in [1.807, 2.05) is 49.3 Å². The van der Waals surface area contributed by atoms with E-state index in [0.29, 0.717) is 18.0 Å². The molecule has 1 aliphatic carbocycles. The van der Waals surface area contributed by atoms with Crippen LogP contribution in [0, 0.1) is 5.92 Å². The number of hydrogen-bond acceptors (Lipinski definition) is 3. The Kier molecular flexibility index (Phi) is 4.79. The zero-order chi connectivity index (χ0) is 19.0. The summed E-state index contributed by atoms with van der Waals surface area (Å²) < 4.78 is 5.52. The third-order valence-corrected chi connectivity index (χ3v) is 5.65. The molecular formula is C22H27N3O2. The summed E-state index contributed by atoms with van der Waals surface area (Å²) in [5, 5.41) is 4.26. The lowest BCUT2D eigenvalue weighted by molar-refractivity contribution is 0.0939. The zero-order valence-corrected chi connectivity index (χ0v) is 16.2.